The van der Waals surface area contributed by atoms with Gasteiger partial charge in [-0.15, -0.1) is 5.10 Å². The predicted octanol–water partition coefficient (Wildman–Crippen LogP) is 4.71. The zero-order valence-corrected chi connectivity index (χ0v) is 30.2. The number of aromatic nitrogens is 3. The van der Waals surface area contributed by atoms with Gasteiger partial charge in [-0.3, -0.25) is 19.5 Å². The van der Waals surface area contributed by atoms with E-state index in [1.54, 1.807) is 19.5 Å². The highest BCUT2D eigenvalue weighted by molar-refractivity contribution is 6.39. The summed E-state index contributed by atoms with van der Waals surface area (Å²) in [5.74, 6) is -2.10. The number of carbonyl (C=O) groups excluding carboxylic acids is 2. The first kappa shape index (κ1) is 36.8. The van der Waals surface area contributed by atoms with Gasteiger partial charge >= 0.3 is 11.8 Å². The lowest BCUT2D eigenvalue weighted by Crippen LogP contribution is -2.59. The molecule has 0 bridgehead atoms. The summed E-state index contributed by atoms with van der Waals surface area (Å²) in [5, 5.41) is 13.4. The largest absolute Gasteiger partial charge is 0.493 e. The number of hydrogen-bond acceptors (Lipinski definition) is 10. The number of methoxy groups -OCH3 is 1. The molecule has 1 N–H and O–H groups in total. The molecule has 0 saturated carbocycles. The normalized spacial score (nSPS) is 15.8. The van der Waals surface area contributed by atoms with Crippen LogP contribution in [0.1, 0.15) is 39.0 Å². The van der Waals surface area contributed by atoms with Gasteiger partial charge in [0.15, 0.2) is 29.0 Å². The van der Waals surface area contributed by atoms with Gasteiger partial charge in [0.1, 0.15) is 0 Å². The third kappa shape index (κ3) is 7.77. The molecule has 6 rings (SSSR count). The van der Waals surface area contributed by atoms with E-state index in [4.69, 9.17) is 19.3 Å². The van der Waals surface area contributed by atoms with Gasteiger partial charge in [0, 0.05) is 91.6 Å². The molecule has 2 amide bonds. The average Bonchev–Trinajstić information content (AvgIpc) is 3.15. The van der Waals surface area contributed by atoms with E-state index < -0.39 is 23.4 Å². The highest BCUT2D eigenvalue weighted by Gasteiger charge is 2.43. The van der Waals surface area contributed by atoms with Crippen molar-refractivity contribution in [3.63, 3.8) is 0 Å². The maximum absolute atomic E-state index is 13.7. The van der Waals surface area contributed by atoms with Gasteiger partial charge in [0.05, 0.1) is 32.6 Å². The Balaban J connectivity index is 1.25. The van der Waals surface area contributed by atoms with Crippen molar-refractivity contribution in [3.05, 3.63) is 77.8 Å². The quantitative estimate of drug-likeness (QED) is 0.231. The minimum Gasteiger partial charge on any atom is -0.493 e. The standard InChI is InChI=1S/C38H45F2N7O5/c1-37(2,38(3,4)47-16-18-51-19-17-47)24-52-33-23-28-27(22-32(33)50-5)31(20-25-8-10-41-11-9-25)43-44-34(28)45-12-14-46(15-13-45)36(49)35(48)42-26-6-7-29(39)30(40)21-26/h6-11,21-23H,12-20,24H2,1-5H3,(H,42,48). The minimum atomic E-state index is -1.12. The summed E-state index contributed by atoms with van der Waals surface area (Å²) in [7, 11) is 1.62. The smallest absolute Gasteiger partial charge is 0.313 e. The number of anilines is 2. The Morgan fingerprint density at radius 1 is 0.865 bits per heavy atom. The number of rotatable bonds is 10. The lowest BCUT2D eigenvalue weighted by Gasteiger charge is -2.50. The highest BCUT2D eigenvalue weighted by atomic mass is 19.2. The molecule has 0 atom stereocenters. The van der Waals surface area contributed by atoms with Gasteiger partial charge in [-0.05, 0) is 55.8 Å². The van der Waals surface area contributed by atoms with Crippen LogP contribution in [0.5, 0.6) is 11.5 Å². The van der Waals surface area contributed by atoms with Crippen molar-refractivity contribution in [3.8, 4) is 11.5 Å². The summed E-state index contributed by atoms with van der Waals surface area (Å²) in [6, 6.07) is 10.7. The maximum Gasteiger partial charge on any atom is 0.313 e. The zero-order valence-electron chi connectivity index (χ0n) is 30.2. The fourth-order valence-corrected chi connectivity index (χ4v) is 6.54. The lowest BCUT2D eigenvalue weighted by atomic mass is 9.73. The maximum atomic E-state index is 13.7. The Labute approximate surface area is 302 Å². The molecule has 4 heterocycles. The second-order valence-corrected chi connectivity index (χ2v) is 14.2. The number of nitrogens with one attached hydrogen (secondary N) is 1. The van der Waals surface area contributed by atoms with Gasteiger partial charge in [0.25, 0.3) is 0 Å². The summed E-state index contributed by atoms with van der Waals surface area (Å²) < 4.78 is 45.1. The van der Waals surface area contributed by atoms with Gasteiger partial charge in [-0.2, -0.15) is 5.10 Å². The molecule has 0 unspecified atom stereocenters. The van der Waals surface area contributed by atoms with Crippen LogP contribution in [0.4, 0.5) is 20.3 Å². The SMILES string of the molecule is COc1cc2c(Cc3ccncc3)nnc(N3CCN(C(=O)C(=O)Nc4ccc(F)c(F)c4)CC3)c2cc1OCC(C)(C)C(C)(C)N1CCOCC1. The number of nitrogens with zero attached hydrogens (tertiary/aromatic N) is 6. The zero-order chi connectivity index (χ0) is 37.0. The molecule has 12 nitrogen and oxygen atoms in total. The molecular formula is C38H45F2N7O5. The Morgan fingerprint density at radius 2 is 1.56 bits per heavy atom. The van der Waals surface area contributed by atoms with E-state index in [1.165, 1.54) is 11.0 Å². The van der Waals surface area contributed by atoms with E-state index in [9.17, 15) is 18.4 Å². The number of fused-ring (bicyclic) bond motifs is 1. The molecule has 2 aromatic carbocycles. The Bertz CT molecular complexity index is 1910. The summed E-state index contributed by atoms with van der Waals surface area (Å²) in [5.41, 5.74) is 1.34. The van der Waals surface area contributed by atoms with E-state index in [0.717, 1.165) is 47.3 Å². The number of amides is 2. The molecule has 2 saturated heterocycles. The van der Waals surface area contributed by atoms with Gasteiger partial charge in [0.2, 0.25) is 0 Å². The van der Waals surface area contributed by atoms with Crippen LogP contribution in [0.3, 0.4) is 0 Å². The Hall–Kier alpha value is -4.95. The van der Waals surface area contributed by atoms with Crippen LogP contribution < -0.4 is 19.7 Å². The van der Waals surface area contributed by atoms with E-state index in [1.807, 2.05) is 29.2 Å². The highest BCUT2D eigenvalue weighted by Crippen LogP contribution is 2.41. The van der Waals surface area contributed by atoms with Crippen molar-refractivity contribution in [1.82, 2.24) is 25.0 Å². The lowest BCUT2D eigenvalue weighted by molar-refractivity contribution is -0.143. The Kier molecular flexibility index (Phi) is 10.9. The second kappa shape index (κ2) is 15.3. The first-order valence-corrected chi connectivity index (χ1v) is 17.4. The number of halogens is 2. The van der Waals surface area contributed by atoms with E-state index in [-0.39, 0.29) is 29.7 Å². The summed E-state index contributed by atoms with van der Waals surface area (Å²) in [4.78, 5) is 35.8. The Morgan fingerprint density at radius 3 is 2.23 bits per heavy atom. The molecule has 52 heavy (non-hydrogen) atoms. The first-order chi connectivity index (χ1) is 24.9. The van der Waals surface area contributed by atoms with Crippen LogP contribution in [-0.2, 0) is 20.7 Å². The number of morpholine rings is 1. The molecular weight excluding hydrogens is 672 g/mol. The number of carbonyl (C=O) groups is 2. The number of hydrogen-bond donors (Lipinski definition) is 1. The van der Waals surface area contributed by atoms with Crippen LogP contribution in [0.2, 0.25) is 0 Å². The van der Waals surface area contributed by atoms with Gasteiger partial charge in [-0.1, -0.05) is 13.8 Å². The average molecular weight is 718 g/mol. The fourth-order valence-electron chi connectivity index (χ4n) is 6.54. The van der Waals surface area contributed by atoms with Crippen LogP contribution in [0.25, 0.3) is 10.8 Å². The molecule has 2 aliphatic heterocycles. The number of benzene rings is 2. The van der Waals surface area contributed by atoms with Crippen molar-refractivity contribution < 1.29 is 32.6 Å². The second-order valence-electron chi connectivity index (χ2n) is 14.2. The van der Waals surface area contributed by atoms with Crippen molar-refractivity contribution in [2.75, 3.05) is 76.4 Å². The molecule has 14 heteroatoms. The third-order valence-electron chi connectivity index (χ3n) is 10.5. The van der Waals surface area contributed by atoms with E-state index >= 15 is 0 Å². The summed E-state index contributed by atoms with van der Waals surface area (Å²) in [6.07, 6.45) is 4.00. The molecule has 4 aromatic rings. The molecule has 0 aliphatic carbocycles. The van der Waals surface area contributed by atoms with Crippen molar-refractivity contribution in [1.29, 1.82) is 0 Å². The first-order valence-electron chi connectivity index (χ1n) is 17.4. The molecule has 2 fully saturated rings. The van der Waals surface area contributed by atoms with Crippen LogP contribution in [0, 0.1) is 17.0 Å². The third-order valence-corrected chi connectivity index (χ3v) is 10.5. The van der Waals surface area contributed by atoms with Crippen LogP contribution in [0.15, 0.2) is 54.9 Å². The monoisotopic (exact) mass is 717 g/mol. The van der Waals surface area contributed by atoms with E-state index in [0.29, 0.717) is 56.6 Å². The van der Waals surface area contributed by atoms with Crippen molar-refractivity contribution >= 4 is 34.1 Å². The number of pyridine rings is 1. The number of piperazine rings is 1. The topological polar surface area (TPSA) is 122 Å². The van der Waals surface area contributed by atoms with Crippen LogP contribution in [-0.4, -0.2) is 109 Å². The van der Waals surface area contributed by atoms with Crippen LogP contribution >= 0.6 is 0 Å². The number of ether oxygens (including phenoxy) is 3. The van der Waals surface area contributed by atoms with E-state index in [2.05, 4.69) is 48.0 Å². The molecule has 0 spiro atoms. The van der Waals surface area contributed by atoms with Gasteiger partial charge < -0.3 is 29.3 Å². The molecule has 276 valence electrons. The summed E-state index contributed by atoms with van der Waals surface area (Å²) >= 11 is 0. The minimum absolute atomic E-state index is 0.00835. The van der Waals surface area contributed by atoms with Crippen molar-refractivity contribution in [2.24, 2.45) is 5.41 Å². The predicted molar refractivity (Wildman–Crippen MR) is 193 cm³/mol. The molecule has 2 aromatic heterocycles. The fraction of sp³-hybridized carbons (Fsp3) is 0.447. The van der Waals surface area contributed by atoms with Crippen molar-refractivity contribution in [2.45, 2.75) is 39.7 Å². The molecule has 0 radical (unpaired) electrons. The summed E-state index contributed by atoms with van der Waals surface area (Å²) in [6.45, 7) is 13.7. The molecule has 2 aliphatic rings. The van der Waals surface area contributed by atoms with Gasteiger partial charge in [-0.25, -0.2) is 8.78 Å².